The van der Waals surface area contributed by atoms with E-state index in [2.05, 4.69) is 20.6 Å². The second-order valence-electron chi connectivity index (χ2n) is 9.84. The molecule has 1 heterocycles. The summed E-state index contributed by atoms with van der Waals surface area (Å²) in [6.45, 7) is 1.50. The summed E-state index contributed by atoms with van der Waals surface area (Å²) < 4.78 is 0. The fraction of sp³-hybridized carbons (Fsp3) is 0.750. The number of nitrogens with one attached hydrogen (secondary N) is 2. The van der Waals surface area contributed by atoms with Crippen molar-refractivity contribution in [3.05, 3.63) is 0 Å². The van der Waals surface area contributed by atoms with Gasteiger partial charge in [0.15, 0.2) is 11.9 Å². The maximum Gasteiger partial charge on any atom is 0.326 e. The zero-order valence-electron chi connectivity index (χ0n) is 23.1. The van der Waals surface area contributed by atoms with Gasteiger partial charge in [-0.25, -0.2) is 4.79 Å². The number of hydrogen-bond donors (Lipinski definition) is 9. The molecule has 0 bridgehead atoms. The Bertz CT molecular complexity index is 890. The molecule has 1 unspecified atom stereocenters. The topological polar surface area (TPSA) is 297 Å². The molecule has 1 aliphatic rings. The van der Waals surface area contributed by atoms with Crippen LogP contribution in [-0.2, 0) is 19.2 Å². The number of carboxylic acids is 1. The van der Waals surface area contributed by atoms with Gasteiger partial charge in [-0.3, -0.25) is 24.4 Å². The largest absolute Gasteiger partial charge is 0.480 e. The molecule has 0 aromatic heterocycles. The predicted molar refractivity (Wildman–Crippen MR) is 152 cm³/mol. The first-order valence-electron chi connectivity index (χ1n) is 13.7. The highest BCUT2D eigenvalue weighted by Gasteiger charge is 2.37. The summed E-state index contributed by atoms with van der Waals surface area (Å²) in [7, 11) is 0. The summed E-state index contributed by atoms with van der Waals surface area (Å²) in [4.78, 5) is 58.6. The molecule has 1 aliphatic heterocycles. The molecule has 0 aromatic rings. The number of aliphatic carboxylic acids is 1. The van der Waals surface area contributed by atoms with Crippen LogP contribution in [0.15, 0.2) is 9.98 Å². The second-order valence-corrected chi connectivity index (χ2v) is 9.84. The van der Waals surface area contributed by atoms with Crippen molar-refractivity contribution in [2.75, 3.05) is 26.2 Å². The number of aliphatic imine (C=N–C) groups is 2. The molecule has 1 rings (SSSR count). The van der Waals surface area contributed by atoms with Gasteiger partial charge in [-0.1, -0.05) is 0 Å². The first kappa shape index (κ1) is 34.4. The van der Waals surface area contributed by atoms with Crippen molar-refractivity contribution in [2.45, 2.75) is 88.4 Å². The minimum absolute atomic E-state index is 0.0339. The Kier molecular flexibility index (Phi) is 16.0. The SMILES string of the molecule is NC(N)=NCCCCC(N)C(=O)NCCCC[C@H](N)C(=O)N1CCC[C@H]1C(=O)N[C@@H](CCCN=C(N)N)C(=O)O. The lowest BCUT2D eigenvalue weighted by atomic mass is 10.1. The number of amides is 3. The summed E-state index contributed by atoms with van der Waals surface area (Å²) in [6, 6.07) is -3.34. The van der Waals surface area contributed by atoms with Crippen LogP contribution in [-0.4, -0.2) is 96.0 Å². The average molecular weight is 570 g/mol. The average Bonchev–Trinajstić information content (AvgIpc) is 3.38. The predicted octanol–water partition coefficient (Wildman–Crippen LogP) is -3.01. The van der Waals surface area contributed by atoms with E-state index < -0.39 is 36.0 Å². The normalized spacial score (nSPS) is 16.9. The summed E-state index contributed by atoms with van der Waals surface area (Å²) in [5.41, 5.74) is 33.1. The van der Waals surface area contributed by atoms with E-state index in [1.165, 1.54) is 4.90 Å². The zero-order chi connectivity index (χ0) is 30.1. The number of carbonyl (C=O) groups is 4. The van der Waals surface area contributed by atoms with Crippen molar-refractivity contribution in [1.29, 1.82) is 0 Å². The van der Waals surface area contributed by atoms with Crippen LogP contribution in [0.3, 0.4) is 0 Å². The molecule has 0 aliphatic carbocycles. The maximum absolute atomic E-state index is 13.0. The molecule has 40 heavy (non-hydrogen) atoms. The van der Waals surface area contributed by atoms with E-state index in [-0.39, 0.29) is 36.7 Å². The van der Waals surface area contributed by atoms with E-state index >= 15 is 0 Å². The molecule has 228 valence electrons. The van der Waals surface area contributed by atoms with Crippen LogP contribution in [0.4, 0.5) is 0 Å². The quantitative estimate of drug-likeness (QED) is 0.0428. The van der Waals surface area contributed by atoms with Crippen LogP contribution in [0, 0.1) is 0 Å². The van der Waals surface area contributed by atoms with E-state index in [9.17, 15) is 24.3 Å². The fourth-order valence-electron chi connectivity index (χ4n) is 4.32. The Labute approximate surface area is 234 Å². The Morgan fingerprint density at radius 3 is 2.08 bits per heavy atom. The van der Waals surface area contributed by atoms with Gasteiger partial charge in [0.25, 0.3) is 0 Å². The molecule has 0 radical (unpaired) electrons. The molecule has 15 N–H and O–H groups in total. The maximum atomic E-state index is 13.0. The van der Waals surface area contributed by atoms with E-state index in [0.29, 0.717) is 71.0 Å². The van der Waals surface area contributed by atoms with Crippen molar-refractivity contribution >= 4 is 35.6 Å². The third kappa shape index (κ3) is 13.4. The summed E-state index contributed by atoms with van der Waals surface area (Å²) in [5, 5.41) is 14.8. The van der Waals surface area contributed by atoms with Crippen LogP contribution < -0.4 is 45.0 Å². The molecular formula is C24H47N11O5. The van der Waals surface area contributed by atoms with Gasteiger partial charge >= 0.3 is 5.97 Å². The number of hydrogen-bond acceptors (Lipinski definition) is 8. The Hall–Kier alpha value is -3.66. The summed E-state index contributed by atoms with van der Waals surface area (Å²) in [6.07, 6.45) is 5.06. The Morgan fingerprint density at radius 2 is 1.45 bits per heavy atom. The van der Waals surface area contributed by atoms with Crippen LogP contribution in [0.25, 0.3) is 0 Å². The molecule has 3 amide bonds. The number of rotatable bonds is 19. The number of carbonyl (C=O) groups excluding carboxylic acids is 3. The molecular weight excluding hydrogens is 522 g/mol. The van der Waals surface area contributed by atoms with Gasteiger partial charge in [0.05, 0.1) is 12.1 Å². The highest BCUT2D eigenvalue weighted by atomic mass is 16.4. The number of likely N-dealkylation sites (tertiary alicyclic amines) is 1. The van der Waals surface area contributed by atoms with Crippen LogP contribution in [0.2, 0.25) is 0 Å². The van der Waals surface area contributed by atoms with Crippen molar-refractivity contribution < 1.29 is 24.3 Å². The van der Waals surface area contributed by atoms with Gasteiger partial charge in [0.2, 0.25) is 17.7 Å². The van der Waals surface area contributed by atoms with Gasteiger partial charge < -0.3 is 55.0 Å². The van der Waals surface area contributed by atoms with Gasteiger partial charge in [-0.15, -0.1) is 0 Å². The molecule has 16 heteroatoms. The summed E-state index contributed by atoms with van der Waals surface area (Å²) >= 11 is 0. The lowest BCUT2D eigenvalue weighted by Crippen LogP contribution is -2.53. The molecule has 16 nitrogen and oxygen atoms in total. The third-order valence-electron chi connectivity index (χ3n) is 6.51. The monoisotopic (exact) mass is 569 g/mol. The van der Waals surface area contributed by atoms with E-state index in [4.69, 9.17) is 34.4 Å². The number of nitrogens with two attached hydrogens (primary N) is 6. The van der Waals surface area contributed by atoms with Gasteiger partial charge in [-0.2, -0.15) is 0 Å². The van der Waals surface area contributed by atoms with Crippen molar-refractivity contribution in [2.24, 2.45) is 44.4 Å². The number of guanidine groups is 2. The van der Waals surface area contributed by atoms with Gasteiger partial charge in [-0.05, 0) is 64.2 Å². The molecule has 0 aromatic carbocycles. The van der Waals surface area contributed by atoms with E-state index in [1.54, 1.807) is 0 Å². The Morgan fingerprint density at radius 1 is 0.850 bits per heavy atom. The second kappa shape index (κ2) is 18.6. The number of unbranched alkanes of at least 4 members (excludes halogenated alkanes) is 2. The fourth-order valence-corrected chi connectivity index (χ4v) is 4.32. The van der Waals surface area contributed by atoms with Gasteiger partial charge in [0.1, 0.15) is 12.1 Å². The molecule has 1 fully saturated rings. The molecule has 4 atom stereocenters. The molecule has 0 saturated carbocycles. The Balaban J connectivity index is 2.40. The van der Waals surface area contributed by atoms with Crippen LogP contribution in [0.5, 0.6) is 0 Å². The lowest BCUT2D eigenvalue weighted by molar-refractivity contribution is -0.144. The summed E-state index contributed by atoms with van der Waals surface area (Å²) in [5.74, 6) is -2.37. The highest BCUT2D eigenvalue weighted by Crippen LogP contribution is 2.20. The van der Waals surface area contributed by atoms with Crippen LogP contribution >= 0.6 is 0 Å². The van der Waals surface area contributed by atoms with Crippen LogP contribution in [0.1, 0.15) is 64.2 Å². The lowest BCUT2D eigenvalue weighted by Gasteiger charge is -2.27. The highest BCUT2D eigenvalue weighted by molar-refractivity contribution is 5.92. The van der Waals surface area contributed by atoms with Gasteiger partial charge in [0, 0.05) is 26.2 Å². The minimum Gasteiger partial charge on any atom is -0.480 e. The third-order valence-corrected chi connectivity index (χ3v) is 6.51. The smallest absolute Gasteiger partial charge is 0.326 e. The first-order valence-corrected chi connectivity index (χ1v) is 13.7. The number of nitrogens with zero attached hydrogens (tertiary/aromatic N) is 3. The van der Waals surface area contributed by atoms with Crippen molar-refractivity contribution in [3.63, 3.8) is 0 Å². The van der Waals surface area contributed by atoms with E-state index in [0.717, 1.165) is 6.42 Å². The minimum atomic E-state index is -1.18. The van der Waals surface area contributed by atoms with Crippen molar-refractivity contribution in [3.8, 4) is 0 Å². The molecule has 0 spiro atoms. The molecule has 1 saturated heterocycles. The van der Waals surface area contributed by atoms with Crippen molar-refractivity contribution in [1.82, 2.24) is 15.5 Å². The zero-order valence-corrected chi connectivity index (χ0v) is 23.1. The number of carboxylic acid groups (broad SMARTS) is 1. The standard InChI is InChI=1S/C24H47N11O5/c25-15(7-1-4-12-32-23(27)28)19(36)31-11-3-2-8-16(26)21(38)35-14-6-10-18(35)20(37)34-17(22(39)40)9-5-13-33-24(29)30/h15-18H,1-14,25-26H2,(H,31,36)(H,34,37)(H,39,40)(H4,27,28,32)(H4,29,30,33)/t15?,16-,17-,18-/m0/s1. The van der Waals surface area contributed by atoms with E-state index in [1.807, 2.05) is 0 Å². The first-order chi connectivity index (χ1) is 18.9.